The number of pyridine rings is 2. The second kappa shape index (κ2) is 7.53. The number of nitrogens with zero attached hydrogens (tertiary/aromatic N) is 3. The van der Waals surface area contributed by atoms with Gasteiger partial charge in [0.15, 0.2) is 5.13 Å². The average molecular weight is 412 g/mol. The van der Waals surface area contributed by atoms with E-state index in [1.165, 1.54) is 11.3 Å². The van der Waals surface area contributed by atoms with Gasteiger partial charge in [-0.15, -0.1) is 0 Å². The number of carbonyl (C=O) groups excluding carboxylic acids is 1. The van der Waals surface area contributed by atoms with Crippen LogP contribution < -0.4 is 10.1 Å². The Morgan fingerprint density at radius 3 is 2.73 bits per heavy atom. The van der Waals surface area contributed by atoms with Crippen LogP contribution >= 0.6 is 11.3 Å². The number of amides is 1. The third kappa shape index (κ3) is 3.35. The average Bonchev–Trinajstić information content (AvgIpc) is 3.20. The summed E-state index contributed by atoms with van der Waals surface area (Å²) in [4.78, 5) is 26.6. The van der Waals surface area contributed by atoms with Gasteiger partial charge >= 0.3 is 0 Å². The van der Waals surface area contributed by atoms with Crippen LogP contribution in [0.15, 0.2) is 73.1 Å². The van der Waals surface area contributed by atoms with E-state index in [-0.39, 0.29) is 5.91 Å². The number of hydrogen-bond donors (Lipinski definition) is 1. The van der Waals surface area contributed by atoms with Gasteiger partial charge < -0.3 is 4.74 Å². The van der Waals surface area contributed by atoms with Crippen LogP contribution in [0.1, 0.15) is 10.4 Å². The molecule has 146 valence electrons. The first kappa shape index (κ1) is 18.2. The van der Waals surface area contributed by atoms with Crippen molar-refractivity contribution in [2.75, 3.05) is 12.4 Å². The highest BCUT2D eigenvalue weighted by Gasteiger charge is 2.16. The molecule has 3 heterocycles. The van der Waals surface area contributed by atoms with Gasteiger partial charge in [-0.3, -0.25) is 15.1 Å². The van der Waals surface area contributed by atoms with Crippen molar-refractivity contribution in [1.29, 1.82) is 0 Å². The zero-order chi connectivity index (χ0) is 20.5. The predicted molar refractivity (Wildman–Crippen MR) is 119 cm³/mol. The monoisotopic (exact) mass is 412 g/mol. The number of para-hydroxylation sites is 1. The van der Waals surface area contributed by atoms with Crippen molar-refractivity contribution in [2.45, 2.75) is 0 Å². The van der Waals surface area contributed by atoms with E-state index >= 15 is 0 Å². The van der Waals surface area contributed by atoms with Crippen LogP contribution in [0.25, 0.3) is 32.4 Å². The summed E-state index contributed by atoms with van der Waals surface area (Å²) in [6, 6.07) is 18.8. The molecular weight excluding hydrogens is 396 g/mol. The molecule has 0 unspecified atom stereocenters. The fourth-order valence-electron chi connectivity index (χ4n) is 3.28. The number of anilines is 1. The van der Waals surface area contributed by atoms with E-state index in [0.717, 1.165) is 32.4 Å². The number of hydrogen-bond acceptors (Lipinski definition) is 6. The van der Waals surface area contributed by atoms with Crippen molar-refractivity contribution < 1.29 is 9.53 Å². The van der Waals surface area contributed by atoms with Crippen molar-refractivity contribution in [3.63, 3.8) is 0 Å². The molecule has 7 heteroatoms. The molecule has 0 radical (unpaired) electrons. The quantitative estimate of drug-likeness (QED) is 0.441. The van der Waals surface area contributed by atoms with E-state index in [4.69, 9.17) is 9.72 Å². The summed E-state index contributed by atoms with van der Waals surface area (Å²) in [6.07, 6.45) is 3.44. The summed E-state index contributed by atoms with van der Waals surface area (Å²) >= 11 is 1.41. The summed E-state index contributed by atoms with van der Waals surface area (Å²) in [5, 5.41) is 4.26. The number of rotatable bonds is 4. The van der Waals surface area contributed by atoms with Gasteiger partial charge in [-0.2, -0.15) is 0 Å². The Morgan fingerprint density at radius 2 is 1.90 bits per heavy atom. The van der Waals surface area contributed by atoms with Gasteiger partial charge in [0.05, 0.1) is 34.1 Å². The Labute approximate surface area is 176 Å². The molecule has 0 aliphatic carbocycles. The van der Waals surface area contributed by atoms with Crippen LogP contribution in [0.5, 0.6) is 5.75 Å². The first-order valence-corrected chi connectivity index (χ1v) is 10.1. The number of fused-ring (bicyclic) bond motifs is 2. The molecule has 0 bridgehead atoms. The van der Waals surface area contributed by atoms with Crippen LogP contribution in [-0.2, 0) is 0 Å². The lowest BCUT2D eigenvalue weighted by Gasteiger charge is -2.09. The molecule has 5 aromatic rings. The van der Waals surface area contributed by atoms with Gasteiger partial charge in [0.2, 0.25) is 0 Å². The maximum atomic E-state index is 13.2. The molecule has 0 fully saturated rings. The number of ether oxygens (including phenoxy) is 1. The Hall–Kier alpha value is -3.84. The van der Waals surface area contributed by atoms with E-state index in [1.54, 1.807) is 25.6 Å². The van der Waals surface area contributed by atoms with Crippen LogP contribution in [0.2, 0.25) is 0 Å². The summed E-state index contributed by atoms with van der Waals surface area (Å²) in [7, 11) is 1.62. The lowest BCUT2D eigenvalue weighted by atomic mass is 10.0. The molecule has 0 atom stereocenters. The van der Waals surface area contributed by atoms with Crippen LogP contribution in [-0.4, -0.2) is 28.0 Å². The van der Waals surface area contributed by atoms with Gasteiger partial charge in [-0.1, -0.05) is 29.5 Å². The van der Waals surface area contributed by atoms with Crippen molar-refractivity contribution in [1.82, 2.24) is 15.0 Å². The molecule has 2 aromatic carbocycles. The summed E-state index contributed by atoms with van der Waals surface area (Å²) < 4.78 is 6.21. The lowest BCUT2D eigenvalue weighted by molar-refractivity contribution is 0.102. The maximum absolute atomic E-state index is 13.2. The first-order chi connectivity index (χ1) is 14.7. The van der Waals surface area contributed by atoms with E-state index in [2.05, 4.69) is 15.3 Å². The predicted octanol–water partition coefficient (Wildman–Crippen LogP) is 5.17. The van der Waals surface area contributed by atoms with E-state index in [9.17, 15) is 4.79 Å². The Morgan fingerprint density at radius 1 is 1.00 bits per heavy atom. The number of nitrogens with one attached hydrogen (secondary N) is 1. The molecule has 0 aliphatic heterocycles. The van der Waals surface area contributed by atoms with Gasteiger partial charge in [0.1, 0.15) is 5.75 Å². The van der Waals surface area contributed by atoms with Crippen molar-refractivity contribution in [3.05, 3.63) is 78.6 Å². The zero-order valence-electron chi connectivity index (χ0n) is 16.0. The molecule has 3 aromatic heterocycles. The lowest BCUT2D eigenvalue weighted by Crippen LogP contribution is -2.13. The molecule has 0 saturated carbocycles. The number of methoxy groups -OCH3 is 1. The first-order valence-electron chi connectivity index (χ1n) is 9.27. The fourth-order valence-corrected chi connectivity index (χ4v) is 4.16. The summed E-state index contributed by atoms with van der Waals surface area (Å²) in [6.45, 7) is 0. The number of aromatic nitrogens is 3. The fraction of sp³-hybridized carbons (Fsp3) is 0.0435. The van der Waals surface area contributed by atoms with Gasteiger partial charge in [-0.25, -0.2) is 9.97 Å². The summed E-state index contributed by atoms with van der Waals surface area (Å²) in [5.74, 6) is 0.523. The summed E-state index contributed by atoms with van der Waals surface area (Å²) in [5.41, 5.74) is 3.64. The molecular formula is C23H16N4O2S. The molecule has 0 saturated heterocycles. The normalized spacial score (nSPS) is 11.0. The standard InChI is InChI=1S/C23H16N4O2S/c1-29-15-8-9-19-21(11-15)30-23(26-19)27-22(28)17-12-20(14-5-4-10-24-13-14)25-18-7-3-2-6-16(17)18/h2-13H,1H3,(H,26,27,28). The van der Waals surface area contributed by atoms with Crippen molar-refractivity contribution in [2.24, 2.45) is 0 Å². The number of carbonyl (C=O) groups is 1. The molecule has 1 amide bonds. The Kier molecular flexibility index (Phi) is 4.57. The minimum absolute atomic E-state index is 0.232. The second-order valence-corrected chi connectivity index (χ2v) is 7.65. The van der Waals surface area contributed by atoms with E-state index in [1.807, 2.05) is 54.6 Å². The highest BCUT2D eigenvalue weighted by Crippen LogP contribution is 2.30. The van der Waals surface area contributed by atoms with Crippen LogP contribution in [0, 0.1) is 0 Å². The molecule has 5 rings (SSSR count). The topological polar surface area (TPSA) is 77.0 Å². The minimum atomic E-state index is -0.232. The second-order valence-electron chi connectivity index (χ2n) is 6.62. The number of benzene rings is 2. The third-order valence-electron chi connectivity index (χ3n) is 4.73. The zero-order valence-corrected chi connectivity index (χ0v) is 16.8. The minimum Gasteiger partial charge on any atom is -0.497 e. The van der Waals surface area contributed by atoms with Crippen molar-refractivity contribution >= 4 is 43.5 Å². The Bertz CT molecular complexity index is 1380. The van der Waals surface area contributed by atoms with Gasteiger partial charge in [-0.05, 0) is 42.5 Å². The molecule has 0 aliphatic rings. The van der Waals surface area contributed by atoms with Gasteiger partial charge in [0, 0.05) is 23.3 Å². The van der Waals surface area contributed by atoms with Crippen LogP contribution in [0.3, 0.4) is 0 Å². The molecule has 6 nitrogen and oxygen atoms in total. The third-order valence-corrected chi connectivity index (χ3v) is 5.67. The van der Waals surface area contributed by atoms with Crippen LogP contribution in [0.4, 0.5) is 5.13 Å². The highest BCUT2D eigenvalue weighted by atomic mass is 32.1. The maximum Gasteiger partial charge on any atom is 0.258 e. The number of thiazole rings is 1. The van der Waals surface area contributed by atoms with Gasteiger partial charge in [0.25, 0.3) is 5.91 Å². The highest BCUT2D eigenvalue weighted by molar-refractivity contribution is 7.22. The Balaban J connectivity index is 1.55. The SMILES string of the molecule is COc1ccc2nc(NC(=O)c3cc(-c4cccnc4)nc4ccccc34)sc2c1. The molecule has 0 spiro atoms. The van der Waals surface area contributed by atoms with E-state index in [0.29, 0.717) is 16.4 Å². The molecule has 1 N–H and O–H groups in total. The molecule has 30 heavy (non-hydrogen) atoms. The van der Waals surface area contributed by atoms with E-state index < -0.39 is 0 Å². The van der Waals surface area contributed by atoms with Crippen molar-refractivity contribution in [3.8, 4) is 17.0 Å². The smallest absolute Gasteiger partial charge is 0.258 e. The largest absolute Gasteiger partial charge is 0.497 e.